The Morgan fingerprint density at radius 1 is 1.33 bits per heavy atom. The van der Waals surface area contributed by atoms with Gasteiger partial charge in [-0.1, -0.05) is 28.1 Å². The van der Waals surface area contributed by atoms with Gasteiger partial charge in [0, 0.05) is 4.47 Å². The molecule has 0 spiro atoms. The number of hydrogen-bond donors (Lipinski definition) is 2. The van der Waals surface area contributed by atoms with Crippen molar-refractivity contribution in [2.75, 3.05) is 19.6 Å². The summed E-state index contributed by atoms with van der Waals surface area (Å²) in [4.78, 5) is 13.5. The van der Waals surface area contributed by atoms with E-state index in [4.69, 9.17) is 4.74 Å². The summed E-state index contributed by atoms with van der Waals surface area (Å²) in [7, 11) is 0. The number of quaternary nitrogens is 1. The minimum atomic E-state index is 0.0286. The maximum absolute atomic E-state index is 12.2. The summed E-state index contributed by atoms with van der Waals surface area (Å²) >= 11 is 3.42. The van der Waals surface area contributed by atoms with Crippen LogP contribution in [0.2, 0.25) is 0 Å². The van der Waals surface area contributed by atoms with Crippen LogP contribution in [0, 0.1) is 0 Å². The van der Waals surface area contributed by atoms with E-state index in [-0.39, 0.29) is 24.2 Å². The largest absolute Gasteiger partial charge is 0.364 e. The van der Waals surface area contributed by atoms with Gasteiger partial charge >= 0.3 is 0 Å². The highest BCUT2D eigenvalue weighted by Gasteiger charge is 2.27. The van der Waals surface area contributed by atoms with Gasteiger partial charge in [-0.2, -0.15) is 0 Å². The summed E-state index contributed by atoms with van der Waals surface area (Å²) in [5.74, 6) is 0.0988. The maximum atomic E-state index is 12.2. The van der Waals surface area contributed by atoms with Crippen molar-refractivity contribution in [2.45, 2.75) is 39.0 Å². The van der Waals surface area contributed by atoms with Crippen molar-refractivity contribution >= 4 is 21.8 Å². The molecule has 1 amide bonds. The van der Waals surface area contributed by atoms with E-state index < -0.39 is 0 Å². The molecule has 1 fully saturated rings. The second-order valence-electron chi connectivity index (χ2n) is 5.93. The van der Waals surface area contributed by atoms with Gasteiger partial charge < -0.3 is 15.0 Å². The molecule has 0 aromatic heterocycles. The average molecular weight is 356 g/mol. The van der Waals surface area contributed by atoms with Crippen molar-refractivity contribution < 1.29 is 14.4 Å². The van der Waals surface area contributed by atoms with E-state index in [0.29, 0.717) is 6.54 Å². The summed E-state index contributed by atoms with van der Waals surface area (Å²) in [5.41, 5.74) is 1.12. The highest BCUT2D eigenvalue weighted by molar-refractivity contribution is 9.10. The average Bonchev–Trinajstić information content (AvgIpc) is 2.37. The number of benzene rings is 1. The lowest BCUT2D eigenvalue weighted by Gasteiger charge is -2.32. The Hall–Kier alpha value is -0.910. The summed E-state index contributed by atoms with van der Waals surface area (Å²) < 4.78 is 6.75. The Labute approximate surface area is 135 Å². The third kappa shape index (κ3) is 5.09. The van der Waals surface area contributed by atoms with Gasteiger partial charge in [0.15, 0.2) is 6.54 Å². The number of ether oxygens (including phenoxy) is 1. The molecule has 5 heteroatoms. The summed E-state index contributed by atoms with van der Waals surface area (Å²) in [6.45, 7) is 8.45. The molecule has 1 aromatic carbocycles. The number of morpholine rings is 1. The van der Waals surface area contributed by atoms with Gasteiger partial charge in [0.1, 0.15) is 25.3 Å². The van der Waals surface area contributed by atoms with E-state index in [0.717, 1.165) is 23.1 Å². The van der Waals surface area contributed by atoms with Gasteiger partial charge in [0.05, 0.1) is 6.04 Å². The Morgan fingerprint density at radius 3 is 2.48 bits per heavy atom. The van der Waals surface area contributed by atoms with Crippen LogP contribution in [-0.2, 0) is 9.53 Å². The molecular weight excluding hydrogens is 332 g/mol. The third-order valence-electron chi connectivity index (χ3n) is 3.77. The maximum Gasteiger partial charge on any atom is 0.275 e. The smallest absolute Gasteiger partial charge is 0.275 e. The molecule has 0 unspecified atom stereocenters. The number of halogens is 1. The predicted molar refractivity (Wildman–Crippen MR) is 86.3 cm³/mol. The van der Waals surface area contributed by atoms with Gasteiger partial charge in [-0.05, 0) is 38.5 Å². The van der Waals surface area contributed by atoms with Crippen molar-refractivity contribution in [1.29, 1.82) is 0 Å². The first-order valence-electron chi connectivity index (χ1n) is 7.48. The highest BCUT2D eigenvalue weighted by atomic mass is 79.9. The second kappa shape index (κ2) is 7.38. The number of nitrogens with one attached hydrogen (secondary N) is 2. The van der Waals surface area contributed by atoms with Crippen LogP contribution in [0.1, 0.15) is 32.4 Å². The number of rotatable bonds is 4. The molecule has 0 aliphatic carbocycles. The Kier molecular flexibility index (Phi) is 5.79. The van der Waals surface area contributed by atoms with Crippen molar-refractivity contribution in [3.8, 4) is 0 Å². The fraction of sp³-hybridized carbons (Fsp3) is 0.562. The molecule has 4 nitrogen and oxygen atoms in total. The molecule has 116 valence electrons. The van der Waals surface area contributed by atoms with Crippen LogP contribution < -0.4 is 10.2 Å². The summed E-state index contributed by atoms with van der Waals surface area (Å²) in [6.07, 6.45) is 0.445. The van der Waals surface area contributed by atoms with E-state index in [2.05, 4.69) is 35.1 Å². The zero-order chi connectivity index (χ0) is 15.4. The molecule has 1 saturated heterocycles. The van der Waals surface area contributed by atoms with E-state index in [1.165, 1.54) is 4.90 Å². The topological polar surface area (TPSA) is 42.8 Å². The fourth-order valence-electron chi connectivity index (χ4n) is 2.89. The minimum absolute atomic E-state index is 0.0286. The number of hydrogen-bond acceptors (Lipinski definition) is 2. The second-order valence-corrected chi connectivity index (χ2v) is 6.85. The van der Waals surface area contributed by atoms with Gasteiger partial charge in [0.2, 0.25) is 0 Å². The Morgan fingerprint density at radius 2 is 1.90 bits per heavy atom. The van der Waals surface area contributed by atoms with Crippen LogP contribution in [0.15, 0.2) is 28.7 Å². The molecule has 21 heavy (non-hydrogen) atoms. The van der Waals surface area contributed by atoms with Crippen molar-refractivity contribution in [2.24, 2.45) is 0 Å². The van der Waals surface area contributed by atoms with Crippen molar-refractivity contribution in [3.05, 3.63) is 34.3 Å². The molecule has 2 rings (SSSR count). The monoisotopic (exact) mass is 355 g/mol. The van der Waals surface area contributed by atoms with Crippen LogP contribution in [0.4, 0.5) is 0 Å². The molecule has 1 aromatic rings. The third-order valence-corrected chi connectivity index (χ3v) is 4.30. The van der Waals surface area contributed by atoms with E-state index in [9.17, 15) is 4.79 Å². The van der Waals surface area contributed by atoms with Crippen LogP contribution in [-0.4, -0.2) is 37.7 Å². The van der Waals surface area contributed by atoms with E-state index in [1.54, 1.807) is 0 Å². The van der Waals surface area contributed by atoms with Gasteiger partial charge in [-0.25, -0.2) is 0 Å². The molecule has 0 radical (unpaired) electrons. The highest BCUT2D eigenvalue weighted by Crippen LogP contribution is 2.16. The Bertz CT molecular complexity index is 468. The molecule has 0 bridgehead atoms. The standard InChI is InChI=1S/C16H23BrN2O2/c1-11-8-19(9-12(2)21-11)10-16(20)18-13(3)14-4-6-15(17)7-5-14/h4-7,11-13H,8-10H2,1-3H3,(H,18,20)/p+1/t11-,12-,13+/m1/s1. The van der Waals surface area contributed by atoms with E-state index >= 15 is 0 Å². The summed E-state index contributed by atoms with van der Waals surface area (Å²) in [5, 5.41) is 3.08. The first kappa shape index (κ1) is 16.5. The van der Waals surface area contributed by atoms with Gasteiger partial charge in [-0.3, -0.25) is 4.79 Å². The first-order chi connectivity index (χ1) is 9.94. The van der Waals surface area contributed by atoms with Crippen LogP contribution in [0.3, 0.4) is 0 Å². The lowest BCUT2D eigenvalue weighted by Crippen LogP contribution is -3.16. The zero-order valence-electron chi connectivity index (χ0n) is 12.9. The predicted octanol–water partition coefficient (Wildman–Crippen LogP) is 1.32. The lowest BCUT2D eigenvalue weighted by molar-refractivity contribution is -0.907. The molecule has 1 heterocycles. The number of carbonyl (C=O) groups excluding carboxylic acids is 1. The van der Waals surface area contributed by atoms with Crippen LogP contribution in [0.25, 0.3) is 0 Å². The first-order valence-corrected chi connectivity index (χ1v) is 8.27. The van der Waals surface area contributed by atoms with Gasteiger partial charge in [-0.15, -0.1) is 0 Å². The molecule has 0 saturated carbocycles. The SMILES string of the molecule is C[C@@H]1C[NH+](CC(=O)N[C@@H](C)c2ccc(Br)cc2)C[C@@H](C)O1. The molecule has 1 aliphatic heterocycles. The van der Waals surface area contributed by atoms with Crippen molar-refractivity contribution in [3.63, 3.8) is 0 Å². The molecule has 3 atom stereocenters. The fourth-order valence-corrected chi connectivity index (χ4v) is 3.15. The van der Waals surface area contributed by atoms with Crippen molar-refractivity contribution in [1.82, 2.24) is 5.32 Å². The minimum Gasteiger partial charge on any atom is -0.364 e. The number of amides is 1. The molecule has 2 N–H and O–H groups in total. The number of carbonyl (C=O) groups is 1. The molecular formula is C16H24BrN2O2+. The normalized spacial score (nSPS) is 27.1. The zero-order valence-corrected chi connectivity index (χ0v) is 14.4. The van der Waals surface area contributed by atoms with Gasteiger partial charge in [0.25, 0.3) is 5.91 Å². The van der Waals surface area contributed by atoms with Crippen LogP contribution in [0.5, 0.6) is 0 Å². The van der Waals surface area contributed by atoms with Crippen LogP contribution >= 0.6 is 15.9 Å². The Balaban J connectivity index is 1.85. The lowest BCUT2D eigenvalue weighted by atomic mass is 10.1. The summed E-state index contributed by atoms with van der Waals surface area (Å²) in [6, 6.07) is 8.07. The molecule has 1 aliphatic rings. The quantitative estimate of drug-likeness (QED) is 0.855. The van der Waals surface area contributed by atoms with E-state index in [1.807, 2.05) is 31.2 Å².